The van der Waals surface area contributed by atoms with Crippen LogP contribution in [0.15, 0.2) is 24.4 Å². The van der Waals surface area contributed by atoms with Crippen molar-refractivity contribution in [1.82, 2.24) is 10.3 Å². The number of nitrogens with zero attached hydrogens (tertiary/aromatic N) is 1. The molecule has 1 aliphatic rings. The van der Waals surface area contributed by atoms with E-state index < -0.39 is 11.6 Å². The van der Waals surface area contributed by atoms with Gasteiger partial charge in [0.05, 0.1) is 5.92 Å². The molecule has 0 saturated carbocycles. The summed E-state index contributed by atoms with van der Waals surface area (Å²) in [5, 5.41) is 6.53. The van der Waals surface area contributed by atoms with Gasteiger partial charge in [-0.25, -0.2) is 13.8 Å². The molecule has 8 heteroatoms. The third-order valence-electron chi connectivity index (χ3n) is 3.83. The van der Waals surface area contributed by atoms with Gasteiger partial charge in [0.1, 0.15) is 11.6 Å². The lowest BCUT2D eigenvalue weighted by Gasteiger charge is -2.21. The molecular weight excluding hydrogens is 356 g/mol. The fraction of sp³-hybridized carbons (Fsp3) is 0.375. The molecule has 2 aromatic rings. The van der Waals surface area contributed by atoms with E-state index in [9.17, 15) is 13.6 Å². The Kier molecular flexibility index (Phi) is 6.65. The molecule has 1 fully saturated rings. The van der Waals surface area contributed by atoms with Gasteiger partial charge in [-0.2, -0.15) is 0 Å². The summed E-state index contributed by atoms with van der Waals surface area (Å²) in [4.78, 5) is 17.1. The summed E-state index contributed by atoms with van der Waals surface area (Å²) in [6.07, 6.45) is 3.80. The fourth-order valence-electron chi connectivity index (χ4n) is 2.58. The molecule has 1 saturated heterocycles. The van der Waals surface area contributed by atoms with E-state index >= 15 is 0 Å². The van der Waals surface area contributed by atoms with Crippen molar-refractivity contribution in [2.45, 2.75) is 19.3 Å². The Bertz CT molecular complexity index is 704. The summed E-state index contributed by atoms with van der Waals surface area (Å²) in [7, 11) is 0. The summed E-state index contributed by atoms with van der Waals surface area (Å²) >= 11 is 1.31. The minimum Gasteiger partial charge on any atom is -0.316 e. The van der Waals surface area contributed by atoms with Crippen LogP contribution in [0.3, 0.4) is 0 Å². The van der Waals surface area contributed by atoms with E-state index in [1.54, 1.807) is 6.20 Å². The van der Waals surface area contributed by atoms with Crippen LogP contribution in [0.2, 0.25) is 0 Å². The average Bonchev–Trinajstić information content (AvgIpc) is 2.98. The van der Waals surface area contributed by atoms with Crippen molar-refractivity contribution in [3.63, 3.8) is 0 Å². The molecule has 3 rings (SSSR count). The molecule has 2 heterocycles. The van der Waals surface area contributed by atoms with Crippen molar-refractivity contribution < 1.29 is 13.6 Å². The van der Waals surface area contributed by atoms with Crippen molar-refractivity contribution in [1.29, 1.82) is 0 Å². The van der Waals surface area contributed by atoms with Crippen molar-refractivity contribution >= 4 is 34.8 Å². The SMILES string of the molecule is Cl.O=C(Nc1ncc(Cc2ccc(F)cc2F)s1)C1CCCNC1. The largest absolute Gasteiger partial charge is 0.316 e. The minimum absolute atomic E-state index is 0. The Morgan fingerprint density at radius 3 is 2.96 bits per heavy atom. The van der Waals surface area contributed by atoms with Crippen LogP contribution in [0.4, 0.5) is 13.9 Å². The molecule has 24 heavy (non-hydrogen) atoms. The molecular formula is C16H18ClF2N3OS. The van der Waals surface area contributed by atoms with Crippen LogP contribution in [0.25, 0.3) is 0 Å². The highest BCUT2D eigenvalue weighted by atomic mass is 35.5. The summed E-state index contributed by atoms with van der Waals surface area (Å²) in [6, 6.07) is 3.53. The molecule has 0 bridgehead atoms. The molecule has 0 spiro atoms. The highest BCUT2D eigenvalue weighted by molar-refractivity contribution is 7.15. The molecule has 1 aromatic carbocycles. The molecule has 2 N–H and O–H groups in total. The van der Waals surface area contributed by atoms with Crippen LogP contribution in [-0.2, 0) is 11.2 Å². The Morgan fingerprint density at radius 2 is 2.25 bits per heavy atom. The first kappa shape index (κ1) is 18.8. The van der Waals surface area contributed by atoms with Crippen LogP contribution >= 0.6 is 23.7 Å². The van der Waals surface area contributed by atoms with Gasteiger partial charge in [0, 0.05) is 30.1 Å². The molecule has 1 aromatic heterocycles. The molecule has 1 atom stereocenters. The van der Waals surface area contributed by atoms with Gasteiger partial charge in [-0.05, 0) is 31.0 Å². The van der Waals surface area contributed by atoms with E-state index in [1.165, 1.54) is 23.5 Å². The maximum atomic E-state index is 13.7. The number of piperidine rings is 1. The Hall–Kier alpha value is -1.57. The highest BCUT2D eigenvalue weighted by Crippen LogP contribution is 2.23. The second kappa shape index (κ2) is 8.50. The lowest BCUT2D eigenvalue weighted by molar-refractivity contribution is -0.120. The molecule has 130 valence electrons. The quantitative estimate of drug-likeness (QED) is 0.864. The number of amides is 1. The minimum atomic E-state index is -0.593. The third kappa shape index (κ3) is 4.72. The van der Waals surface area contributed by atoms with Crippen molar-refractivity contribution in [3.05, 3.63) is 46.5 Å². The van der Waals surface area contributed by atoms with Gasteiger partial charge >= 0.3 is 0 Å². The van der Waals surface area contributed by atoms with Crippen LogP contribution < -0.4 is 10.6 Å². The van der Waals surface area contributed by atoms with Crippen LogP contribution in [0, 0.1) is 17.6 Å². The molecule has 0 radical (unpaired) electrons. The Morgan fingerprint density at radius 1 is 1.42 bits per heavy atom. The maximum Gasteiger partial charge on any atom is 0.230 e. The van der Waals surface area contributed by atoms with Crippen LogP contribution in [-0.4, -0.2) is 24.0 Å². The van der Waals surface area contributed by atoms with Gasteiger partial charge in [-0.15, -0.1) is 23.7 Å². The van der Waals surface area contributed by atoms with Crippen LogP contribution in [0.1, 0.15) is 23.3 Å². The first-order valence-electron chi connectivity index (χ1n) is 7.52. The number of anilines is 1. The van der Waals surface area contributed by atoms with E-state index in [2.05, 4.69) is 15.6 Å². The van der Waals surface area contributed by atoms with E-state index in [0.717, 1.165) is 30.3 Å². The number of rotatable bonds is 4. The third-order valence-corrected chi connectivity index (χ3v) is 4.74. The van der Waals surface area contributed by atoms with Crippen molar-refractivity contribution in [2.24, 2.45) is 5.92 Å². The Balaban J connectivity index is 0.00000208. The lowest BCUT2D eigenvalue weighted by atomic mass is 9.99. The van der Waals surface area contributed by atoms with Gasteiger partial charge in [-0.3, -0.25) is 4.79 Å². The Labute approximate surface area is 149 Å². The first-order valence-corrected chi connectivity index (χ1v) is 8.33. The van der Waals surface area contributed by atoms with Gasteiger partial charge in [-0.1, -0.05) is 6.07 Å². The zero-order chi connectivity index (χ0) is 16.2. The standard InChI is InChI=1S/C16H17F2N3OS.ClH/c17-12-4-3-10(14(18)7-12)6-13-9-20-16(23-13)21-15(22)11-2-1-5-19-8-11;/h3-4,7,9,11,19H,1-2,5-6,8H2,(H,20,21,22);1H. The summed E-state index contributed by atoms with van der Waals surface area (Å²) in [6.45, 7) is 1.64. The van der Waals surface area contributed by atoms with Gasteiger partial charge in [0.15, 0.2) is 5.13 Å². The van der Waals surface area contributed by atoms with Gasteiger partial charge in [0.2, 0.25) is 5.91 Å². The molecule has 0 aliphatic carbocycles. The van der Waals surface area contributed by atoms with E-state index in [0.29, 0.717) is 23.7 Å². The maximum absolute atomic E-state index is 13.7. The zero-order valence-electron chi connectivity index (χ0n) is 12.9. The summed E-state index contributed by atoms with van der Waals surface area (Å²) < 4.78 is 26.6. The van der Waals surface area contributed by atoms with E-state index in [1.807, 2.05) is 0 Å². The number of thiazole rings is 1. The average molecular weight is 374 g/mol. The topological polar surface area (TPSA) is 54.0 Å². The number of hydrogen-bond acceptors (Lipinski definition) is 4. The van der Waals surface area contributed by atoms with Crippen LogP contribution in [0.5, 0.6) is 0 Å². The normalized spacial score (nSPS) is 17.2. The predicted octanol–water partition coefficient (Wildman–Crippen LogP) is 3.37. The molecule has 4 nitrogen and oxygen atoms in total. The second-order valence-corrected chi connectivity index (χ2v) is 6.69. The number of nitrogens with one attached hydrogen (secondary N) is 2. The number of benzene rings is 1. The van der Waals surface area contributed by atoms with E-state index in [4.69, 9.17) is 0 Å². The predicted molar refractivity (Wildman–Crippen MR) is 92.7 cm³/mol. The number of halogens is 3. The zero-order valence-corrected chi connectivity index (χ0v) is 14.5. The molecule has 1 amide bonds. The second-order valence-electron chi connectivity index (χ2n) is 5.58. The number of aromatic nitrogens is 1. The number of hydrogen-bond donors (Lipinski definition) is 2. The smallest absolute Gasteiger partial charge is 0.230 e. The van der Waals surface area contributed by atoms with Crippen molar-refractivity contribution in [3.8, 4) is 0 Å². The fourth-order valence-corrected chi connectivity index (χ4v) is 3.42. The van der Waals surface area contributed by atoms with E-state index in [-0.39, 0.29) is 24.2 Å². The number of carbonyl (C=O) groups is 1. The summed E-state index contributed by atoms with van der Waals surface area (Å²) in [5.41, 5.74) is 0.407. The number of carbonyl (C=O) groups excluding carboxylic acids is 1. The van der Waals surface area contributed by atoms with Gasteiger partial charge in [0.25, 0.3) is 0 Å². The highest BCUT2D eigenvalue weighted by Gasteiger charge is 2.21. The first-order chi connectivity index (χ1) is 11.1. The van der Waals surface area contributed by atoms with Gasteiger partial charge < -0.3 is 10.6 Å². The molecule has 1 aliphatic heterocycles. The van der Waals surface area contributed by atoms with Crippen molar-refractivity contribution in [2.75, 3.05) is 18.4 Å². The summed E-state index contributed by atoms with van der Waals surface area (Å²) in [5.74, 6) is -1.24. The monoisotopic (exact) mass is 373 g/mol. The lowest BCUT2D eigenvalue weighted by Crippen LogP contribution is -2.37. The molecule has 1 unspecified atom stereocenters.